The van der Waals surface area contributed by atoms with Crippen molar-refractivity contribution in [2.45, 2.75) is 37.9 Å². The Balaban J connectivity index is 1.32. The summed E-state index contributed by atoms with van der Waals surface area (Å²) in [7, 11) is 0. The maximum atomic E-state index is 12.3. The number of aromatic nitrogens is 3. The van der Waals surface area contributed by atoms with Gasteiger partial charge in [-0.05, 0) is 43.5 Å². The molecule has 1 aromatic heterocycles. The van der Waals surface area contributed by atoms with Gasteiger partial charge in [-0.1, -0.05) is 28.4 Å². The molecule has 6 nitrogen and oxygen atoms in total. The molecule has 1 aliphatic heterocycles. The summed E-state index contributed by atoms with van der Waals surface area (Å²) in [5.41, 5.74) is 1.39. The number of likely N-dealkylation sites (tertiary alicyclic amines) is 1. The Morgan fingerprint density at radius 3 is 2.80 bits per heavy atom. The third kappa shape index (κ3) is 3.52. The SMILES string of the molecule is C[C@H](c1cc(Cl)ccc1Cl)N1CC(NC(=O)c2cn(C3CC3)nn2)C1. The lowest BCUT2D eigenvalue weighted by Crippen LogP contribution is -2.59. The van der Waals surface area contributed by atoms with Crippen LogP contribution in [0, 0.1) is 0 Å². The molecule has 8 heteroatoms. The Morgan fingerprint density at radius 1 is 1.32 bits per heavy atom. The number of benzene rings is 1. The van der Waals surface area contributed by atoms with E-state index in [2.05, 4.69) is 27.5 Å². The molecule has 1 saturated carbocycles. The summed E-state index contributed by atoms with van der Waals surface area (Å²) in [5.74, 6) is -0.162. The van der Waals surface area contributed by atoms with Gasteiger partial charge in [0.15, 0.2) is 5.69 Å². The van der Waals surface area contributed by atoms with Crippen LogP contribution in [-0.4, -0.2) is 44.9 Å². The molecule has 132 valence electrons. The van der Waals surface area contributed by atoms with Crippen LogP contribution in [0.25, 0.3) is 0 Å². The normalized spacial score (nSPS) is 19.5. The highest BCUT2D eigenvalue weighted by Gasteiger charge is 2.33. The van der Waals surface area contributed by atoms with Gasteiger partial charge in [0.05, 0.1) is 18.3 Å². The van der Waals surface area contributed by atoms with Gasteiger partial charge in [0.1, 0.15) is 0 Å². The van der Waals surface area contributed by atoms with Crippen molar-refractivity contribution in [2.24, 2.45) is 0 Å². The van der Waals surface area contributed by atoms with E-state index in [1.165, 1.54) is 0 Å². The number of carbonyl (C=O) groups excluding carboxylic acids is 1. The average molecular weight is 380 g/mol. The third-order valence-corrected chi connectivity index (χ3v) is 5.44. The minimum absolute atomic E-state index is 0.110. The first kappa shape index (κ1) is 16.8. The molecular formula is C17H19Cl2N5O. The van der Waals surface area contributed by atoms with Crippen LogP contribution in [0.3, 0.4) is 0 Å². The second-order valence-electron chi connectivity index (χ2n) is 6.78. The molecule has 0 unspecified atom stereocenters. The summed E-state index contributed by atoms with van der Waals surface area (Å²) in [6.45, 7) is 3.63. The first-order chi connectivity index (χ1) is 12.0. The largest absolute Gasteiger partial charge is 0.345 e. The summed E-state index contributed by atoms with van der Waals surface area (Å²) < 4.78 is 1.78. The van der Waals surface area contributed by atoms with E-state index in [1.54, 1.807) is 16.9 Å². The van der Waals surface area contributed by atoms with Crippen LogP contribution in [0.4, 0.5) is 0 Å². The molecule has 0 bridgehead atoms. The zero-order valence-corrected chi connectivity index (χ0v) is 15.3. The molecule has 25 heavy (non-hydrogen) atoms. The second kappa shape index (κ2) is 6.59. The van der Waals surface area contributed by atoms with Crippen molar-refractivity contribution in [1.29, 1.82) is 0 Å². The molecule has 1 atom stereocenters. The third-order valence-electron chi connectivity index (χ3n) is 4.86. The molecule has 1 saturated heterocycles. The van der Waals surface area contributed by atoms with Crippen molar-refractivity contribution in [1.82, 2.24) is 25.2 Å². The van der Waals surface area contributed by atoms with E-state index >= 15 is 0 Å². The van der Waals surface area contributed by atoms with Gasteiger partial charge in [-0.2, -0.15) is 0 Å². The Hall–Kier alpha value is -1.63. The van der Waals surface area contributed by atoms with E-state index in [9.17, 15) is 4.79 Å². The molecular weight excluding hydrogens is 361 g/mol. The highest BCUT2D eigenvalue weighted by molar-refractivity contribution is 6.33. The van der Waals surface area contributed by atoms with Crippen LogP contribution in [-0.2, 0) is 0 Å². The van der Waals surface area contributed by atoms with E-state index < -0.39 is 0 Å². The molecule has 0 spiro atoms. The van der Waals surface area contributed by atoms with Gasteiger partial charge in [0.2, 0.25) is 0 Å². The quantitative estimate of drug-likeness (QED) is 0.866. The fourth-order valence-corrected chi connectivity index (χ4v) is 3.57. The zero-order valence-electron chi connectivity index (χ0n) is 13.8. The fraction of sp³-hybridized carbons (Fsp3) is 0.471. The van der Waals surface area contributed by atoms with E-state index in [-0.39, 0.29) is 18.0 Å². The van der Waals surface area contributed by atoms with Gasteiger partial charge >= 0.3 is 0 Å². The average Bonchev–Trinajstić information content (AvgIpc) is 3.29. The van der Waals surface area contributed by atoms with Gasteiger partial charge in [0.25, 0.3) is 5.91 Å². The predicted molar refractivity (Wildman–Crippen MR) is 96.0 cm³/mol. The van der Waals surface area contributed by atoms with Gasteiger partial charge in [-0.15, -0.1) is 5.10 Å². The van der Waals surface area contributed by atoms with Gasteiger partial charge in [-0.25, -0.2) is 4.68 Å². The van der Waals surface area contributed by atoms with Crippen molar-refractivity contribution < 1.29 is 4.79 Å². The Bertz CT molecular complexity index is 798. The number of hydrogen-bond acceptors (Lipinski definition) is 4. The number of nitrogens with zero attached hydrogens (tertiary/aromatic N) is 4. The summed E-state index contributed by atoms with van der Waals surface area (Å²) in [5, 5.41) is 12.4. The molecule has 1 amide bonds. The van der Waals surface area contributed by atoms with Crippen molar-refractivity contribution in [3.63, 3.8) is 0 Å². The molecule has 2 heterocycles. The molecule has 1 aromatic carbocycles. The Kier molecular flexibility index (Phi) is 4.43. The molecule has 1 aliphatic carbocycles. The second-order valence-corrected chi connectivity index (χ2v) is 7.62. The first-order valence-electron chi connectivity index (χ1n) is 8.43. The van der Waals surface area contributed by atoms with Crippen LogP contribution < -0.4 is 5.32 Å². The topological polar surface area (TPSA) is 63.1 Å². The summed E-state index contributed by atoms with van der Waals surface area (Å²) in [4.78, 5) is 14.5. The Morgan fingerprint density at radius 2 is 2.08 bits per heavy atom. The van der Waals surface area contributed by atoms with E-state index in [4.69, 9.17) is 23.2 Å². The monoisotopic (exact) mass is 379 g/mol. The number of halogens is 2. The molecule has 1 N–H and O–H groups in total. The van der Waals surface area contributed by atoms with Gasteiger partial charge in [0, 0.05) is 29.2 Å². The van der Waals surface area contributed by atoms with Crippen LogP contribution in [0.5, 0.6) is 0 Å². The zero-order chi connectivity index (χ0) is 17.6. The van der Waals surface area contributed by atoms with Gasteiger partial charge in [-0.3, -0.25) is 9.69 Å². The molecule has 2 fully saturated rings. The lowest BCUT2D eigenvalue weighted by molar-refractivity contribution is 0.0672. The van der Waals surface area contributed by atoms with E-state index in [0.29, 0.717) is 21.8 Å². The van der Waals surface area contributed by atoms with Crippen LogP contribution in [0.2, 0.25) is 10.0 Å². The maximum absolute atomic E-state index is 12.3. The van der Waals surface area contributed by atoms with E-state index in [1.807, 2.05) is 12.1 Å². The number of nitrogens with one attached hydrogen (secondary N) is 1. The summed E-state index contributed by atoms with van der Waals surface area (Å²) in [6.07, 6.45) is 3.97. The number of hydrogen-bond donors (Lipinski definition) is 1. The smallest absolute Gasteiger partial charge is 0.273 e. The number of carbonyl (C=O) groups is 1. The van der Waals surface area contributed by atoms with Crippen LogP contribution >= 0.6 is 23.2 Å². The van der Waals surface area contributed by atoms with Crippen LogP contribution in [0.1, 0.15) is 47.9 Å². The summed E-state index contributed by atoms with van der Waals surface area (Å²) >= 11 is 12.3. The highest BCUT2D eigenvalue weighted by atomic mass is 35.5. The van der Waals surface area contributed by atoms with Crippen molar-refractivity contribution in [3.05, 3.63) is 45.7 Å². The predicted octanol–water partition coefficient (Wildman–Crippen LogP) is 3.10. The van der Waals surface area contributed by atoms with E-state index in [0.717, 1.165) is 31.5 Å². The molecule has 0 radical (unpaired) electrons. The van der Waals surface area contributed by atoms with Crippen molar-refractivity contribution in [3.8, 4) is 0 Å². The van der Waals surface area contributed by atoms with Crippen molar-refractivity contribution in [2.75, 3.05) is 13.1 Å². The molecule has 2 aliphatic rings. The van der Waals surface area contributed by atoms with Crippen molar-refractivity contribution >= 4 is 29.1 Å². The highest BCUT2D eigenvalue weighted by Crippen LogP contribution is 2.34. The molecule has 2 aromatic rings. The number of amides is 1. The Labute approximate surface area is 156 Å². The minimum atomic E-state index is -0.162. The lowest BCUT2D eigenvalue weighted by Gasteiger charge is -2.43. The number of rotatable bonds is 5. The van der Waals surface area contributed by atoms with Crippen LogP contribution in [0.15, 0.2) is 24.4 Å². The molecule has 4 rings (SSSR count). The summed E-state index contributed by atoms with van der Waals surface area (Å²) in [6, 6.07) is 6.19. The van der Waals surface area contributed by atoms with Gasteiger partial charge < -0.3 is 5.32 Å². The lowest BCUT2D eigenvalue weighted by atomic mass is 10.0. The minimum Gasteiger partial charge on any atom is -0.345 e. The maximum Gasteiger partial charge on any atom is 0.273 e. The first-order valence-corrected chi connectivity index (χ1v) is 9.18. The fourth-order valence-electron chi connectivity index (χ4n) is 3.11. The standard InChI is InChI=1S/C17H19Cl2N5O/c1-10(14-6-11(18)2-5-15(14)19)23-7-12(8-23)20-17(25)16-9-24(22-21-16)13-3-4-13/h2,5-6,9-10,12-13H,3-4,7-8H2,1H3,(H,20,25)/t10-/m1/s1.